The van der Waals surface area contributed by atoms with E-state index in [0.29, 0.717) is 0 Å². The first-order valence-electron chi connectivity index (χ1n) is 0.567. The van der Waals surface area contributed by atoms with E-state index in [1.165, 1.54) is 0 Å². The van der Waals surface area contributed by atoms with Crippen molar-refractivity contribution in [3.63, 3.8) is 0 Å². The van der Waals surface area contributed by atoms with Gasteiger partial charge in [0.15, 0.2) is 0 Å². The number of hydrogen-bond acceptors (Lipinski definition) is 0. The van der Waals surface area contributed by atoms with Crippen molar-refractivity contribution in [1.82, 2.24) is 0 Å². The predicted octanol–water partition coefficient (Wildman–Crippen LogP) is 1.71. The molecule has 0 unspecified atom stereocenters. The van der Waals surface area contributed by atoms with E-state index in [1.807, 2.05) is 0 Å². The summed E-state index contributed by atoms with van der Waals surface area (Å²) in [5.74, 6) is 0. The third kappa shape index (κ3) is 20.1. The van der Waals surface area contributed by atoms with E-state index >= 15 is 0 Å². The van der Waals surface area contributed by atoms with E-state index in [4.69, 9.17) is 0 Å². The Morgan fingerprint density at radius 2 is 1.00 bits per heavy atom. The van der Waals surface area contributed by atoms with Crippen molar-refractivity contribution in [3.05, 3.63) is 0 Å². The Bertz CT molecular complexity index is 11.6. The van der Waals surface area contributed by atoms with E-state index in [2.05, 4.69) is 26.4 Å². The standard InChI is InChI=1S/3BrH.Ce.H2O/h3*1H;;1H2/q;;;+3;/p-3. The van der Waals surface area contributed by atoms with Gasteiger partial charge in [-0.3, -0.25) is 0 Å². The molecule has 0 saturated carbocycles. The molecular weight excluding hydrogens is 396 g/mol. The van der Waals surface area contributed by atoms with Gasteiger partial charge in [0.1, 0.15) is 0 Å². The van der Waals surface area contributed by atoms with Crippen LogP contribution in [0.15, 0.2) is 0 Å². The van der Waals surface area contributed by atoms with E-state index < -0.39 is 26.1 Å². The normalized spacial score (nSPS) is 5.40. The Labute approximate surface area is 56.1 Å². The Balaban J connectivity index is 0. The topological polar surface area (TPSA) is 31.5 Å². The Morgan fingerprint density at radius 1 is 1.00 bits per heavy atom. The van der Waals surface area contributed by atoms with Crippen LogP contribution in [0, 0.1) is 26.1 Å². The summed E-state index contributed by atoms with van der Waals surface area (Å²) in [4.78, 5) is 0. The molecule has 0 radical (unpaired) electrons. The van der Waals surface area contributed by atoms with E-state index in [0.717, 1.165) is 0 Å². The van der Waals surface area contributed by atoms with Crippen molar-refractivity contribution in [3.8, 4) is 0 Å². The zero-order valence-corrected chi connectivity index (χ0v) is 10.0. The van der Waals surface area contributed by atoms with E-state index in [-0.39, 0.29) is 5.48 Å². The van der Waals surface area contributed by atoms with Crippen LogP contribution in [0.4, 0.5) is 0 Å². The predicted molar refractivity (Wildman–Crippen MR) is 30.4 cm³/mol. The molecule has 5 heavy (non-hydrogen) atoms. The molecule has 0 spiro atoms. The Kier molecular flexibility index (Phi) is 14.5. The zero-order chi connectivity index (χ0) is 3.58. The molecule has 0 atom stereocenters. The molecule has 0 bridgehead atoms. The molecule has 33 valence electrons. The van der Waals surface area contributed by atoms with Crippen LogP contribution in [0.5, 0.6) is 0 Å². The molecule has 1 nitrogen and oxygen atoms in total. The average molecular weight is 398 g/mol. The molecule has 5 heteroatoms. The second kappa shape index (κ2) is 6.78. The molecule has 0 aliphatic rings. The van der Waals surface area contributed by atoms with Crippen LogP contribution in [0.3, 0.4) is 0 Å². The molecule has 0 aromatic rings. The second-order valence-corrected chi connectivity index (χ2v) is 42.1. The Hall–Kier alpha value is 2.78. The van der Waals surface area contributed by atoms with Gasteiger partial charge in [-0.15, -0.1) is 0 Å². The molecular formula is H2Br3CeO. The van der Waals surface area contributed by atoms with Gasteiger partial charge in [-0.25, -0.2) is 0 Å². The maximum atomic E-state index is 3.32. The van der Waals surface area contributed by atoms with Gasteiger partial charge in [0.2, 0.25) is 0 Å². The molecule has 2 N–H and O–H groups in total. The van der Waals surface area contributed by atoms with Gasteiger partial charge in [0, 0.05) is 0 Å². The van der Waals surface area contributed by atoms with Crippen molar-refractivity contribution in [2.45, 2.75) is 0 Å². The van der Waals surface area contributed by atoms with Gasteiger partial charge in [0.05, 0.1) is 0 Å². The fraction of sp³-hybridized carbons (Fsp3) is 0. The minimum atomic E-state index is -1.22. The minimum absolute atomic E-state index is 0. The summed E-state index contributed by atoms with van der Waals surface area (Å²) in [5.41, 5.74) is 0. The molecule has 0 aromatic heterocycles. The van der Waals surface area contributed by atoms with Crippen LogP contribution in [0.25, 0.3) is 0 Å². The van der Waals surface area contributed by atoms with Gasteiger partial charge >= 0.3 is 52.5 Å². The molecule has 0 aromatic carbocycles. The van der Waals surface area contributed by atoms with Gasteiger partial charge < -0.3 is 5.48 Å². The first-order chi connectivity index (χ1) is 1.73. The fourth-order valence-corrected chi connectivity index (χ4v) is 0. The van der Waals surface area contributed by atoms with Gasteiger partial charge in [-0.2, -0.15) is 0 Å². The third-order valence-electron chi connectivity index (χ3n) is 0. The second-order valence-electron chi connectivity index (χ2n) is 0.214. The summed E-state index contributed by atoms with van der Waals surface area (Å²) >= 11 is -1.22. The maximum absolute atomic E-state index is 3.32. The summed E-state index contributed by atoms with van der Waals surface area (Å²) in [6, 6.07) is 0. The van der Waals surface area contributed by atoms with Crippen LogP contribution in [-0.2, 0) is 0 Å². The van der Waals surface area contributed by atoms with Crippen LogP contribution < -0.4 is 0 Å². The summed E-state index contributed by atoms with van der Waals surface area (Å²) in [7, 11) is 9.95. The van der Waals surface area contributed by atoms with Crippen LogP contribution in [0.2, 0.25) is 0 Å². The molecule has 0 amide bonds. The first-order valence-corrected chi connectivity index (χ1v) is 21.4. The summed E-state index contributed by atoms with van der Waals surface area (Å²) in [6.45, 7) is 0. The van der Waals surface area contributed by atoms with Crippen LogP contribution >= 0.6 is 26.4 Å². The quantitative estimate of drug-likeness (QED) is 0.596. The molecule has 0 saturated heterocycles. The van der Waals surface area contributed by atoms with Crippen LogP contribution in [0.1, 0.15) is 0 Å². The molecule has 0 fully saturated rings. The summed E-state index contributed by atoms with van der Waals surface area (Å²) in [5, 5.41) is 0. The SMILES string of the molecule is O.[Br][Ce]([Br])[Br]. The van der Waals surface area contributed by atoms with Gasteiger partial charge in [-0.05, 0) is 0 Å². The molecule has 0 rings (SSSR count). The van der Waals surface area contributed by atoms with Gasteiger partial charge in [-0.1, -0.05) is 0 Å². The van der Waals surface area contributed by atoms with Crippen molar-refractivity contribution >= 4 is 26.4 Å². The monoisotopic (exact) mass is 395 g/mol. The van der Waals surface area contributed by atoms with Crippen molar-refractivity contribution < 1.29 is 31.6 Å². The zero-order valence-electron chi connectivity index (χ0n) is 2.13. The summed E-state index contributed by atoms with van der Waals surface area (Å²) < 4.78 is 0. The Morgan fingerprint density at radius 3 is 1.00 bits per heavy atom. The molecule has 0 aliphatic carbocycles. The average Bonchev–Trinajstić information content (AvgIpc) is 0.811. The third-order valence-corrected chi connectivity index (χ3v) is 0. The van der Waals surface area contributed by atoms with E-state index in [1.54, 1.807) is 0 Å². The first kappa shape index (κ1) is 10.7. The fourth-order valence-electron chi connectivity index (χ4n) is 0. The van der Waals surface area contributed by atoms with E-state index in [9.17, 15) is 0 Å². The van der Waals surface area contributed by atoms with Crippen molar-refractivity contribution in [1.29, 1.82) is 0 Å². The number of halogens is 3. The molecule has 0 heterocycles. The van der Waals surface area contributed by atoms with Crippen molar-refractivity contribution in [2.75, 3.05) is 0 Å². The molecule has 0 aliphatic heterocycles. The van der Waals surface area contributed by atoms with Gasteiger partial charge in [0.25, 0.3) is 0 Å². The van der Waals surface area contributed by atoms with Crippen LogP contribution in [-0.4, -0.2) is 5.48 Å². The summed E-state index contributed by atoms with van der Waals surface area (Å²) in [6.07, 6.45) is 0. The number of rotatable bonds is 0. The number of hydrogen-bond donors (Lipinski definition) is 0. The van der Waals surface area contributed by atoms with Crippen molar-refractivity contribution in [2.24, 2.45) is 0 Å².